The number of sulfonamides is 1. The zero-order valence-electron chi connectivity index (χ0n) is 12.1. The normalized spacial score (nSPS) is 27.0. The predicted molar refractivity (Wildman–Crippen MR) is 79.3 cm³/mol. The molecule has 0 saturated carbocycles. The van der Waals surface area contributed by atoms with Crippen LogP contribution < -0.4 is 5.32 Å². The summed E-state index contributed by atoms with van der Waals surface area (Å²) in [4.78, 5) is 12.6. The number of carbonyl (C=O) groups is 1. The van der Waals surface area contributed by atoms with Crippen molar-refractivity contribution < 1.29 is 13.2 Å². The Morgan fingerprint density at radius 2 is 1.81 bits per heavy atom. The highest BCUT2D eigenvalue weighted by Crippen LogP contribution is 2.39. The van der Waals surface area contributed by atoms with Crippen LogP contribution in [0.3, 0.4) is 0 Å². The molecule has 0 radical (unpaired) electrons. The van der Waals surface area contributed by atoms with Gasteiger partial charge in [0.05, 0.1) is 4.90 Å². The summed E-state index contributed by atoms with van der Waals surface area (Å²) in [6.07, 6.45) is 2.79. The summed E-state index contributed by atoms with van der Waals surface area (Å²) >= 11 is 0. The Labute approximate surface area is 125 Å². The van der Waals surface area contributed by atoms with E-state index in [1.165, 1.54) is 4.31 Å². The van der Waals surface area contributed by atoms with Gasteiger partial charge in [-0.25, -0.2) is 8.42 Å². The minimum Gasteiger partial charge on any atom is -0.354 e. The lowest BCUT2D eigenvalue weighted by molar-refractivity contribution is -0.131. The monoisotopic (exact) mass is 308 g/mol. The second kappa shape index (κ2) is 5.10. The molecule has 6 heteroatoms. The van der Waals surface area contributed by atoms with Gasteiger partial charge in [-0.3, -0.25) is 4.79 Å². The molecule has 21 heavy (non-hydrogen) atoms. The summed E-state index contributed by atoms with van der Waals surface area (Å²) in [5.74, 6) is -0.137. The number of hydrogen-bond acceptors (Lipinski definition) is 3. The van der Waals surface area contributed by atoms with E-state index >= 15 is 0 Å². The average molecular weight is 308 g/mol. The Kier molecular flexibility index (Phi) is 3.53. The second-order valence-corrected chi connectivity index (χ2v) is 7.75. The van der Waals surface area contributed by atoms with Crippen LogP contribution in [-0.4, -0.2) is 37.3 Å². The van der Waals surface area contributed by atoms with E-state index in [0.717, 1.165) is 18.4 Å². The van der Waals surface area contributed by atoms with Gasteiger partial charge in [0, 0.05) is 13.1 Å². The number of benzene rings is 1. The summed E-state index contributed by atoms with van der Waals surface area (Å²) in [6, 6.07) is 6.82. The van der Waals surface area contributed by atoms with Crippen LogP contribution >= 0.6 is 0 Å². The molecule has 1 unspecified atom stereocenters. The number of rotatable bonds is 2. The number of nitrogens with one attached hydrogen (secondary N) is 1. The lowest BCUT2D eigenvalue weighted by atomic mass is 9.88. The van der Waals surface area contributed by atoms with Crippen molar-refractivity contribution in [2.45, 2.75) is 43.0 Å². The van der Waals surface area contributed by atoms with Gasteiger partial charge in [0.2, 0.25) is 15.9 Å². The van der Waals surface area contributed by atoms with Gasteiger partial charge < -0.3 is 5.32 Å². The van der Waals surface area contributed by atoms with E-state index in [1.54, 1.807) is 24.3 Å². The third-order valence-electron chi connectivity index (χ3n) is 4.51. The molecule has 0 aliphatic carbocycles. The van der Waals surface area contributed by atoms with Gasteiger partial charge in [-0.1, -0.05) is 17.7 Å². The molecule has 2 aliphatic rings. The smallest absolute Gasteiger partial charge is 0.244 e. The molecular weight excluding hydrogens is 288 g/mol. The molecule has 1 atom stereocenters. The SMILES string of the molecule is Cc1ccc(S(=O)(=O)N2CCCC23CCCNC3=O)cc1. The lowest BCUT2D eigenvalue weighted by Crippen LogP contribution is -2.60. The van der Waals surface area contributed by atoms with Crippen molar-refractivity contribution in [1.29, 1.82) is 0 Å². The van der Waals surface area contributed by atoms with E-state index < -0.39 is 15.6 Å². The van der Waals surface area contributed by atoms with E-state index in [0.29, 0.717) is 25.9 Å². The van der Waals surface area contributed by atoms with Crippen LogP contribution in [-0.2, 0) is 14.8 Å². The van der Waals surface area contributed by atoms with Gasteiger partial charge in [-0.2, -0.15) is 4.31 Å². The number of hydrogen-bond donors (Lipinski definition) is 1. The maximum absolute atomic E-state index is 12.9. The highest BCUT2D eigenvalue weighted by Gasteiger charge is 2.53. The Morgan fingerprint density at radius 1 is 1.14 bits per heavy atom. The van der Waals surface area contributed by atoms with Crippen molar-refractivity contribution in [3.63, 3.8) is 0 Å². The molecule has 1 aromatic carbocycles. The number of nitrogens with zero attached hydrogens (tertiary/aromatic N) is 1. The molecule has 0 aromatic heterocycles. The second-order valence-electron chi connectivity index (χ2n) is 5.88. The van der Waals surface area contributed by atoms with Gasteiger partial charge in [0.1, 0.15) is 5.54 Å². The predicted octanol–water partition coefficient (Wildman–Crippen LogP) is 1.43. The van der Waals surface area contributed by atoms with Crippen LogP contribution in [0.25, 0.3) is 0 Å². The number of amides is 1. The van der Waals surface area contributed by atoms with Crippen molar-refractivity contribution in [1.82, 2.24) is 9.62 Å². The quantitative estimate of drug-likeness (QED) is 0.899. The highest BCUT2D eigenvalue weighted by atomic mass is 32.2. The molecule has 0 bridgehead atoms. The molecular formula is C15H20N2O3S. The molecule has 2 heterocycles. The standard InChI is InChI=1S/C15H20N2O3S/c1-12-4-6-13(7-5-12)21(19,20)17-11-3-9-15(17)8-2-10-16-14(15)18/h4-7H,2-3,8-11H2,1H3,(H,16,18). The first-order chi connectivity index (χ1) is 9.97. The van der Waals surface area contributed by atoms with Crippen molar-refractivity contribution in [2.24, 2.45) is 0 Å². The largest absolute Gasteiger partial charge is 0.354 e. The molecule has 2 aliphatic heterocycles. The number of aryl methyl sites for hydroxylation is 1. The Hall–Kier alpha value is -1.40. The van der Waals surface area contributed by atoms with Gasteiger partial charge in [-0.15, -0.1) is 0 Å². The summed E-state index contributed by atoms with van der Waals surface area (Å²) in [5.41, 5.74) is 0.141. The maximum atomic E-state index is 12.9. The van der Waals surface area contributed by atoms with E-state index in [-0.39, 0.29) is 10.8 Å². The number of carbonyl (C=O) groups excluding carboxylic acids is 1. The third kappa shape index (κ3) is 2.26. The third-order valence-corrected chi connectivity index (χ3v) is 6.49. The van der Waals surface area contributed by atoms with Crippen LogP contribution in [0.4, 0.5) is 0 Å². The molecule has 1 N–H and O–H groups in total. The van der Waals surface area contributed by atoms with Crippen LogP contribution in [0.5, 0.6) is 0 Å². The molecule has 2 fully saturated rings. The Balaban J connectivity index is 2.01. The zero-order valence-corrected chi connectivity index (χ0v) is 12.9. The minimum absolute atomic E-state index is 0.137. The van der Waals surface area contributed by atoms with Crippen molar-refractivity contribution in [3.8, 4) is 0 Å². The first kappa shape index (κ1) is 14.5. The summed E-state index contributed by atoms with van der Waals surface area (Å²) in [7, 11) is -3.62. The fourth-order valence-corrected chi connectivity index (χ4v) is 5.21. The zero-order chi connectivity index (χ0) is 15.1. The van der Waals surface area contributed by atoms with Gasteiger partial charge in [0.25, 0.3) is 0 Å². The summed E-state index contributed by atoms with van der Waals surface area (Å²) < 4.78 is 27.3. The topological polar surface area (TPSA) is 66.5 Å². The first-order valence-electron chi connectivity index (χ1n) is 7.35. The Morgan fingerprint density at radius 3 is 2.48 bits per heavy atom. The van der Waals surface area contributed by atoms with Gasteiger partial charge in [-0.05, 0) is 44.7 Å². The fourth-order valence-electron chi connectivity index (χ4n) is 3.38. The van der Waals surface area contributed by atoms with Crippen LogP contribution in [0, 0.1) is 6.92 Å². The van der Waals surface area contributed by atoms with E-state index in [4.69, 9.17) is 0 Å². The molecule has 3 rings (SSSR count). The molecule has 2 saturated heterocycles. The van der Waals surface area contributed by atoms with Crippen molar-refractivity contribution >= 4 is 15.9 Å². The van der Waals surface area contributed by atoms with Gasteiger partial charge >= 0.3 is 0 Å². The van der Waals surface area contributed by atoms with Crippen molar-refractivity contribution in [2.75, 3.05) is 13.1 Å². The molecule has 1 aromatic rings. The van der Waals surface area contributed by atoms with Gasteiger partial charge in [0.15, 0.2) is 0 Å². The fraction of sp³-hybridized carbons (Fsp3) is 0.533. The van der Waals surface area contributed by atoms with Crippen LogP contribution in [0.1, 0.15) is 31.2 Å². The first-order valence-corrected chi connectivity index (χ1v) is 8.79. The van der Waals surface area contributed by atoms with Crippen molar-refractivity contribution in [3.05, 3.63) is 29.8 Å². The summed E-state index contributed by atoms with van der Waals surface area (Å²) in [6.45, 7) is 2.98. The molecule has 1 amide bonds. The lowest BCUT2D eigenvalue weighted by Gasteiger charge is -2.39. The maximum Gasteiger partial charge on any atom is 0.244 e. The van der Waals surface area contributed by atoms with Crippen LogP contribution in [0.2, 0.25) is 0 Å². The average Bonchev–Trinajstić information content (AvgIpc) is 2.88. The molecule has 114 valence electrons. The number of piperidine rings is 1. The minimum atomic E-state index is -3.62. The molecule has 5 nitrogen and oxygen atoms in total. The van der Waals surface area contributed by atoms with Crippen LogP contribution in [0.15, 0.2) is 29.2 Å². The van der Waals surface area contributed by atoms with E-state index in [1.807, 2.05) is 6.92 Å². The van der Waals surface area contributed by atoms with E-state index in [2.05, 4.69) is 5.32 Å². The van der Waals surface area contributed by atoms with E-state index in [9.17, 15) is 13.2 Å². The Bertz CT molecular complexity index is 654. The summed E-state index contributed by atoms with van der Waals surface area (Å²) in [5, 5.41) is 2.83. The highest BCUT2D eigenvalue weighted by molar-refractivity contribution is 7.89. The molecule has 1 spiro atoms.